The van der Waals surface area contributed by atoms with Crippen LogP contribution in [0.5, 0.6) is 0 Å². The molecule has 2 atom stereocenters. The number of aliphatic imine (C=N–C) groups is 1. The molecule has 1 aromatic carbocycles. The van der Waals surface area contributed by atoms with Crippen molar-refractivity contribution in [3.8, 4) is 0 Å². The fraction of sp³-hybridized carbons (Fsp3) is 0.524. The Hall–Kier alpha value is -3.20. The first-order valence-corrected chi connectivity index (χ1v) is 12.6. The molecule has 1 heterocycles. The molecule has 2 amide bonds. The lowest BCUT2D eigenvalue weighted by Crippen LogP contribution is -2.51. The Kier molecular flexibility index (Phi) is 10.2. The number of guanidine groups is 1. The molecule has 36 heavy (non-hydrogen) atoms. The number of amides is 2. The first-order valence-electron chi connectivity index (χ1n) is 11.1. The number of carbonyl (C=O) groups excluding carboxylic acids is 3. The number of alkyl halides is 3. The summed E-state index contributed by atoms with van der Waals surface area (Å²) in [5.41, 5.74) is 9.09. The number of sulfonamides is 1. The van der Waals surface area contributed by atoms with Crippen LogP contribution >= 0.6 is 0 Å². The van der Waals surface area contributed by atoms with Gasteiger partial charge < -0.3 is 26.5 Å². The van der Waals surface area contributed by atoms with E-state index >= 15 is 0 Å². The third-order valence-corrected chi connectivity index (χ3v) is 6.90. The Morgan fingerprint density at radius 2 is 1.94 bits per heavy atom. The van der Waals surface area contributed by atoms with Crippen molar-refractivity contribution in [3.63, 3.8) is 0 Å². The van der Waals surface area contributed by atoms with Crippen LogP contribution in [0.3, 0.4) is 0 Å². The van der Waals surface area contributed by atoms with Gasteiger partial charge in [0.1, 0.15) is 12.3 Å². The SMILES string of the molecule is NC(N)=NCCCC(C=O)NC(=O)CN1CCCCC(NS(=O)(=O)c2ccccc2C(F)(F)F)C1=O. The zero-order chi connectivity index (χ0) is 26.9. The maximum Gasteiger partial charge on any atom is 0.417 e. The second-order valence-corrected chi connectivity index (χ2v) is 9.86. The standard InChI is InChI=1S/C21H29F3N6O5S/c22-21(23,24)15-7-1-2-9-17(15)36(34,35)29-16-8-3-4-11-30(19(16)33)12-18(32)28-14(13-31)6-5-10-27-20(25)26/h1-2,7,9,13-14,16,29H,3-6,8,10-12H2,(H,28,32)(H4,25,26,27). The molecule has 0 saturated carbocycles. The molecule has 200 valence electrons. The van der Waals surface area contributed by atoms with Crippen LogP contribution in [0.1, 0.15) is 37.7 Å². The van der Waals surface area contributed by atoms with Gasteiger partial charge in [0, 0.05) is 13.1 Å². The van der Waals surface area contributed by atoms with Crippen LogP contribution in [0.15, 0.2) is 34.2 Å². The summed E-state index contributed by atoms with van der Waals surface area (Å²) in [6.45, 7) is -0.0548. The van der Waals surface area contributed by atoms with Crippen molar-refractivity contribution in [1.82, 2.24) is 14.9 Å². The molecule has 0 spiro atoms. The molecule has 0 aliphatic carbocycles. The molecule has 2 unspecified atom stereocenters. The van der Waals surface area contributed by atoms with Crippen LogP contribution in [-0.2, 0) is 30.6 Å². The third kappa shape index (κ3) is 8.48. The topological polar surface area (TPSA) is 177 Å². The van der Waals surface area contributed by atoms with Crippen molar-refractivity contribution >= 4 is 34.1 Å². The van der Waals surface area contributed by atoms with Crippen molar-refractivity contribution in [2.45, 2.75) is 55.3 Å². The number of hydrogen-bond donors (Lipinski definition) is 4. The molecule has 0 radical (unpaired) electrons. The molecule has 0 aromatic heterocycles. The molecule has 6 N–H and O–H groups in total. The summed E-state index contributed by atoms with van der Waals surface area (Å²) in [4.78, 5) is 40.6. The van der Waals surface area contributed by atoms with E-state index < -0.39 is 57.1 Å². The summed E-state index contributed by atoms with van der Waals surface area (Å²) < 4.78 is 67.6. The highest BCUT2D eigenvalue weighted by molar-refractivity contribution is 7.89. The Morgan fingerprint density at radius 3 is 2.58 bits per heavy atom. The van der Waals surface area contributed by atoms with E-state index in [0.717, 1.165) is 23.1 Å². The minimum atomic E-state index is -4.92. The van der Waals surface area contributed by atoms with E-state index in [1.165, 1.54) is 0 Å². The van der Waals surface area contributed by atoms with Crippen molar-refractivity contribution in [2.75, 3.05) is 19.6 Å². The lowest BCUT2D eigenvalue weighted by molar-refractivity contribution is -0.139. The summed E-state index contributed by atoms with van der Waals surface area (Å²) in [6, 6.07) is 1.46. The number of rotatable bonds is 11. The van der Waals surface area contributed by atoms with E-state index in [9.17, 15) is 36.0 Å². The highest BCUT2D eigenvalue weighted by Gasteiger charge is 2.39. The molecule has 1 aromatic rings. The van der Waals surface area contributed by atoms with Crippen molar-refractivity contribution in [1.29, 1.82) is 0 Å². The Labute approximate surface area is 206 Å². The summed E-state index contributed by atoms with van der Waals surface area (Å²) in [7, 11) is -4.71. The average Bonchev–Trinajstić information content (AvgIpc) is 2.96. The van der Waals surface area contributed by atoms with Crippen LogP contribution in [0, 0.1) is 0 Å². The number of benzene rings is 1. The van der Waals surface area contributed by atoms with Gasteiger partial charge in [-0.05, 0) is 44.2 Å². The van der Waals surface area contributed by atoms with E-state index in [4.69, 9.17) is 11.5 Å². The number of nitrogens with zero attached hydrogens (tertiary/aromatic N) is 2. The number of carbonyl (C=O) groups is 3. The van der Waals surface area contributed by atoms with Crippen molar-refractivity contribution in [3.05, 3.63) is 29.8 Å². The molecular formula is C21H29F3N6O5S. The zero-order valence-electron chi connectivity index (χ0n) is 19.3. The minimum absolute atomic E-state index is 0.0477. The average molecular weight is 535 g/mol. The van der Waals surface area contributed by atoms with Gasteiger partial charge in [-0.1, -0.05) is 12.1 Å². The minimum Gasteiger partial charge on any atom is -0.370 e. The number of nitrogens with one attached hydrogen (secondary N) is 2. The zero-order valence-corrected chi connectivity index (χ0v) is 20.1. The normalized spacial score (nSPS) is 17.7. The number of nitrogens with two attached hydrogens (primary N) is 2. The van der Waals surface area contributed by atoms with Gasteiger partial charge in [0.05, 0.1) is 23.0 Å². The predicted octanol–water partition coefficient (Wildman–Crippen LogP) is 0.102. The van der Waals surface area contributed by atoms with E-state index in [1.54, 1.807) is 0 Å². The van der Waals surface area contributed by atoms with Crippen LogP contribution in [0.2, 0.25) is 0 Å². The third-order valence-electron chi connectivity index (χ3n) is 5.37. The molecule has 1 aliphatic rings. The van der Waals surface area contributed by atoms with Gasteiger partial charge in [0.25, 0.3) is 0 Å². The van der Waals surface area contributed by atoms with Crippen molar-refractivity contribution in [2.24, 2.45) is 16.5 Å². The molecule has 0 bridgehead atoms. The van der Waals surface area contributed by atoms with Crippen molar-refractivity contribution < 1.29 is 36.0 Å². The first-order chi connectivity index (χ1) is 16.8. The quantitative estimate of drug-likeness (QED) is 0.135. The fourth-order valence-electron chi connectivity index (χ4n) is 3.68. The summed E-state index contributed by atoms with van der Waals surface area (Å²) in [6.07, 6.45) is -2.82. The number of aldehydes is 1. The molecule has 1 fully saturated rings. The Bertz CT molecular complexity index is 1080. The number of likely N-dealkylation sites (tertiary alicyclic amines) is 1. The molecule has 11 nitrogen and oxygen atoms in total. The Morgan fingerprint density at radius 1 is 1.25 bits per heavy atom. The number of halogens is 3. The van der Waals surface area contributed by atoms with Gasteiger partial charge in [0.2, 0.25) is 21.8 Å². The van der Waals surface area contributed by atoms with Crippen LogP contribution in [0.4, 0.5) is 13.2 Å². The van der Waals surface area contributed by atoms with E-state index in [2.05, 4.69) is 15.0 Å². The predicted molar refractivity (Wildman–Crippen MR) is 124 cm³/mol. The van der Waals surface area contributed by atoms with Gasteiger partial charge in [-0.15, -0.1) is 0 Å². The second kappa shape index (κ2) is 12.7. The first kappa shape index (κ1) is 29.0. The van der Waals surface area contributed by atoms with E-state index in [1.807, 2.05) is 0 Å². The van der Waals surface area contributed by atoms with E-state index in [0.29, 0.717) is 31.6 Å². The van der Waals surface area contributed by atoms with Gasteiger partial charge in [-0.25, -0.2) is 8.42 Å². The van der Waals surface area contributed by atoms with Crippen LogP contribution in [0.25, 0.3) is 0 Å². The molecule has 1 aliphatic heterocycles. The summed E-state index contributed by atoms with van der Waals surface area (Å²) in [5, 5.41) is 2.48. The van der Waals surface area contributed by atoms with Gasteiger partial charge in [0.15, 0.2) is 5.96 Å². The maximum absolute atomic E-state index is 13.3. The summed E-state index contributed by atoms with van der Waals surface area (Å²) >= 11 is 0. The highest BCUT2D eigenvalue weighted by Crippen LogP contribution is 2.34. The van der Waals surface area contributed by atoms with E-state index in [-0.39, 0.29) is 31.9 Å². The van der Waals surface area contributed by atoms with Crippen LogP contribution < -0.4 is 21.5 Å². The van der Waals surface area contributed by atoms with Gasteiger partial charge in [-0.2, -0.15) is 17.9 Å². The highest BCUT2D eigenvalue weighted by atomic mass is 32.2. The van der Waals surface area contributed by atoms with Gasteiger partial charge in [-0.3, -0.25) is 14.6 Å². The molecular weight excluding hydrogens is 505 g/mol. The molecule has 2 rings (SSSR count). The summed E-state index contributed by atoms with van der Waals surface area (Å²) in [5.74, 6) is -1.49. The molecule has 1 saturated heterocycles. The lowest BCUT2D eigenvalue weighted by Gasteiger charge is -2.25. The monoisotopic (exact) mass is 534 g/mol. The van der Waals surface area contributed by atoms with Gasteiger partial charge >= 0.3 is 6.18 Å². The second-order valence-electron chi connectivity index (χ2n) is 8.18. The smallest absolute Gasteiger partial charge is 0.370 e. The Balaban J connectivity index is 2.07. The lowest BCUT2D eigenvalue weighted by atomic mass is 10.1. The molecule has 15 heteroatoms. The van der Waals surface area contributed by atoms with Crippen LogP contribution in [-0.4, -0.2) is 69.1 Å². The maximum atomic E-state index is 13.3. The number of hydrogen-bond acceptors (Lipinski definition) is 6. The largest absolute Gasteiger partial charge is 0.417 e. The fourth-order valence-corrected chi connectivity index (χ4v) is 5.13.